The van der Waals surface area contributed by atoms with Gasteiger partial charge in [-0.2, -0.15) is 0 Å². The number of ether oxygens (including phenoxy) is 1. The fourth-order valence-electron chi connectivity index (χ4n) is 2.82. The van der Waals surface area contributed by atoms with Crippen molar-refractivity contribution in [3.8, 4) is 0 Å². The molecule has 7 heteroatoms. The second-order valence-corrected chi connectivity index (χ2v) is 8.82. The average molecular weight is 331 g/mol. The molecule has 0 radical (unpaired) electrons. The van der Waals surface area contributed by atoms with Crippen LogP contribution in [0, 0.1) is 12.3 Å². The minimum absolute atomic E-state index is 0.0593. The standard InChI is InChI=1S/C14H21NO4S2/c1-9-8-20-11(13(16)19-4)12(9)21(17,18)15-10-5-6-14(2,3)7-10/h8,10,15H,5-7H2,1-4H3. The highest BCUT2D eigenvalue weighted by atomic mass is 32.2. The maximum Gasteiger partial charge on any atom is 0.349 e. The first-order valence-corrected chi connectivity index (χ1v) is 9.21. The van der Waals surface area contributed by atoms with E-state index in [0.29, 0.717) is 5.56 Å². The quantitative estimate of drug-likeness (QED) is 0.861. The Morgan fingerprint density at radius 3 is 2.67 bits per heavy atom. The number of esters is 1. The Hall–Kier alpha value is -0.920. The monoisotopic (exact) mass is 331 g/mol. The Bertz CT molecular complexity index is 646. The lowest BCUT2D eigenvalue weighted by Gasteiger charge is -2.18. The van der Waals surface area contributed by atoms with Gasteiger partial charge < -0.3 is 4.74 Å². The third-order valence-corrected chi connectivity index (χ3v) is 6.76. The highest BCUT2D eigenvalue weighted by Crippen LogP contribution is 2.38. The molecule has 2 rings (SSSR count). The van der Waals surface area contributed by atoms with E-state index in [1.807, 2.05) is 0 Å². The molecule has 1 fully saturated rings. The summed E-state index contributed by atoms with van der Waals surface area (Å²) >= 11 is 1.10. The maximum atomic E-state index is 12.6. The van der Waals surface area contributed by atoms with Crippen molar-refractivity contribution in [2.24, 2.45) is 5.41 Å². The van der Waals surface area contributed by atoms with Crippen LogP contribution in [0.5, 0.6) is 0 Å². The molecule has 1 aromatic rings. The molecule has 5 nitrogen and oxygen atoms in total. The van der Waals surface area contributed by atoms with Crippen LogP contribution in [0.1, 0.15) is 48.3 Å². The molecule has 1 N–H and O–H groups in total. The highest BCUT2D eigenvalue weighted by molar-refractivity contribution is 7.89. The van der Waals surface area contributed by atoms with Gasteiger partial charge >= 0.3 is 5.97 Å². The molecule has 0 bridgehead atoms. The van der Waals surface area contributed by atoms with Crippen molar-refractivity contribution in [3.05, 3.63) is 15.8 Å². The van der Waals surface area contributed by atoms with Crippen LogP contribution in [0.25, 0.3) is 0 Å². The zero-order valence-electron chi connectivity index (χ0n) is 12.7. The lowest BCUT2D eigenvalue weighted by molar-refractivity contribution is 0.0602. The summed E-state index contributed by atoms with van der Waals surface area (Å²) in [6, 6.07) is -0.0743. The van der Waals surface area contributed by atoms with Gasteiger partial charge in [-0.15, -0.1) is 11.3 Å². The molecule has 0 aromatic carbocycles. The van der Waals surface area contributed by atoms with Gasteiger partial charge in [-0.25, -0.2) is 17.9 Å². The van der Waals surface area contributed by atoms with Gasteiger partial charge in [0.2, 0.25) is 10.0 Å². The van der Waals surface area contributed by atoms with Crippen molar-refractivity contribution < 1.29 is 17.9 Å². The molecule has 21 heavy (non-hydrogen) atoms. The van der Waals surface area contributed by atoms with Crippen LogP contribution in [0.4, 0.5) is 0 Å². The first kappa shape index (κ1) is 16.5. The summed E-state index contributed by atoms with van der Waals surface area (Å²) < 4.78 is 32.6. The molecule has 1 aromatic heterocycles. The summed E-state index contributed by atoms with van der Waals surface area (Å²) in [7, 11) is -2.46. The number of carbonyl (C=O) groups excluding carboxylic acids is 1. The van der Waals surface area contributed by atoms with E-state index in [2.05, 4.69) is 23.3 Å². The number of methoxy groups -OCH3 is 1. The molecule has 1 unspecified atom stereocenters. The number of hydrogen-bond acceptors (Lipinski definition) is 5. The molecule has 1 saturated carbocycles. The van der Waals surface area contributed by atoms with Crippen LogP contribution in [-0.2, 0) is 14.8 Å². The summed E-state index contributed by atoms with van der Waals surface area (Å²) in [6.07, 6.45) is 2.62. The first-order chi connectivity index (χ1) is 9.66. The summed E-state index contributed by atoms with van der Waals surface area (Å²) in [5.74, 6) is -0.611. The molecular weight excluding hydrogens is 310 g/mol. The van der Waals surface area contributed by atoms with Crippen LogP contribution in [0.3, 0.4) is 0 Å². The van der Waals surface area contributed by atoms with E-state index in [1.165, 1.54) is 7.11 Å². The second kappa shape index (κ2) is 5.70. The molecule has 0 aliphatic heterocycles. The van der Waals surface area contributed by atoms with Crippen molar-refractivity contribution in [1.82, 2.24) is 4.72 Å². The number of aryl methyl sites for hydroxylation is 1. The van der Waals surface area contributed by atoms with Gasteiger partial charge in [-0.1, -0.05) is 13.8 Å². The minimum Gasteiger partial charge on any atom is -0.465 e. The Balaban J connectivity index is 2.28. The Morgan fingerprint density at radius 2 is 2.14 bits per heavy atom. The van der Waals surface area contributed by atoms with Crippen LogP contribution < -0.4 is 4.72 Å². The van der Waals surface area contributed by atoms with Crippen molar-refractivity contribution in [3.63, 3.8) is 0 Å². The van der Waals surface area contributed by atoms with Gasteiger partial charge in [0.1, 0.15) is 9.77 Å². The van der Waals surface area contributed by atoms with Gasteiger partial charge in [0.25, 0.3) is 0 Å². The Labute approximate surface area is 129 Å². The van der Waals surface area contributed by atoms with E-state index in [-0.39, 0.29) is 21.2 Å². The Morgan fingerprint density at radius 1 is 1.48 bits per heavy atom. The van der Waals surface area contributed by atoms with Crippen LogP contribution in [0.2, 0.25) is 0 Å². The van der Waals surface area contributed by atoms with Gasteiger partial charge in [0, 0.05) is 6.04 Å². The summed E-state index contributed by atoms with van der Waals surface area (Å²) in [5.41, 5.74) is 0.729. The van der Waals surface area contributed by atoms with Crippen LogP contribution >= 0.6 is 11.3 Å². The predicted molar refractivity (Wildman–Crippen MR) is 82.1 cm³/mol. The van der Waals surface area contributed by atoms with E-state index >= 15 is 0 Å². The third-order valence-electron chi connectivity index (χ3n) is 3.85. The number of rotatable bonds is 4. The minimum atomic E-state index is -3.71. The first-order valence-electron chi connectivity index (χ1n) is 6.85. The summed E-state index contributed by atoms with van der Waals surface area (Å²) in [5, 5.41) is 1.67. The van der Waals surface area contributed by atoms with Crippen LogP contribution in [-0.4, -0.2) is 27.5 Å². The zero-order valence-corrected chi connectivity index (χ0v) is 14.4. The molecule has 118 valence electrons. The van der Waals surface area contributed by atoms with Crippen molar-refractivity contribution in [2.75, 3.05) is 7.11 Å². The van der Waals surface area contributed by atoms with E-state index in [4.69, 9.17) is 0 Å². The number of carbonyl (C=O) groups is 1. The SMILES string of the molecule is COC(=O)c1scc(C)c1S(=O)(=O)NC1CCC(C)(C)C1. The Kier molecular flexibility index (Phi) is 4.46. The predicted octanol–water partition coefficient (Wildman–Crippen LogP) is 2.70. The fourth-order valence-corrected chi connectivity index (χ4v) is 5.79. The topological polar surface area (TPSA) is 72.5 Å². The van der Waals surface area contributed by atoms with Gasteiger partial charge in [0.15, 0.2) is 0 Å². The molecule has 0 saturated heterocycles. The summed E-state index contributed by atoms with van der Waals surface area (Å²) in [4.78, 5) is 11.9. The second-order valence-electron chi connectivity index (χ2n) is 6.29. The molecule has 1 aliphatic carbocycles. The van der Waals surface area contributed by atoms with E-state index in [9.17, 15) is 13.2 Å². The largest absolute Gasteiger partial charge is 0.465 e. The third kappa shape index (κ3) is 3.46. The normalized spacial score (nSPS) is 21.4. The van der Waals surface area contributed by atoms with Gasteiger partial charge in [-0.05, 0) is 42.5 Å². The van der Waals surface area contributed by atoms with Crippen LogP contribution in [0.15, 0.2) is 10.3 Å². The smallest absolute Gasteiger partial charge is 0.349 e. The maximum absolute atomic E-state index is 12.6. The fraction of sp³-hybridized carbons (Fsp3) is 0.643. The molecule has 1 aliphatic rings. The van der Waals surface area contributed by atoms with E-state index < -0.39 is 16.0 Å². The molecular formula is C14H21NO4S2. The van der Waals surface area contributed by atoms with Crippen molar-refractivity contribution in [1.29, 1.82) is 0 Å². The summed E-state index contributed by atoms with van der Waals surface area (Å²) in [6.45, 7) is 5.96. The zero-order chi connectivity index (χ0) is 15.8. The van der Waals surface area contributed by atoms with Crippen molar-refractivity contribution in [2.45, 2.75) is 51.0 Å². The lowest BCUT2D eigenvalue weighted by Crippen LogP contribution is -2.34. The van der Waals surface area contributed by atoms with E-state index in [0.717, 1.165) is 30.6 Å². The number of sulfonamides is 1. The molecule has 0 amide bonds. The van der Waals surface area contributed by atoms with Gasteiger partial charge in [-0.3, -0.25) is 0 Å². The number of nitrogens with one attached hydrogen (secondary N) is 1. The average Bonchev–Trinajstić information content (AvgIpc) is 2.91. The molecule has 1 atom stereocenters. The number of thiophene rings is 1. The van der Waals surface area contributed by atoms with Crippen molar-refractivity contribution >= 4 is 27.3 Å². The molecule has 1 heterocycles. The molecule has 0 spiro atoms. The van der Waals surface area contributed by atoms with E-state index in [1.54, 1.807) is 12.3 Å². The van der Waals surface area contributed by atoms with Gasteiger partial charge in [0.05, 0.1) is 7.11 Å². The number of hydrogen-bond donors (Lipinski definition) is 1. The lowest BCUT2D eigenvalue weighted by atomic mass is 9.92. The highest BCUT2D eigenvalue weighted by Gasteiger charge is 2.35.